The normalized spacial score (nSPS) is 10.5. The molecular weight excluding hydrogens is 160 g/mol. The molecule has 0 bridgehead atoms. The molecule has 0 unspecified atom stereocenters. The number of rotatable bonds is 4. The van der Waals surface area contributed by atoms with E-state index in [1.54, 1.807) is 0 Å². The third kappa shape index (κ3) is 3.10. The van der Waals surface area contributed by atoms with Crippen LogP contribution in [0.25, 0.3) is 0 Å². The molecule has 0 aliphatic heterocycles. The van der Waals surface area contributed by atoms with E-state index in [-0.39, 0.29) is 6.10 Å². The smallest absolute Gasteiger partial charge is 0.122 e. The zero-order chi connectivity index (χ0) is 9.68. The van der Waals surface area contributed by atoms with Crippen LogP contribution < -0.4 is 4.74 Å². The lowest BCUT2D eigenvalue weighted by Gasteiger charge is -2.13. The van der Waals surface area contributed by atoms with Gasteiger partial charge in [-0.1, -0.05) is 25.1 Å². The van der Waals surface area contributed by atoms with Crippen molar-refractivity contribution >= 4 is 0 Å². The van der Waals surface area contributed by atoms with Gasteiger partial charge < -0.3 is 4.74 Å². The number of hydrogen-bond donors (Lipinski definition) is 0. The van der Waals surface area contributed by atoms with Crippen LogP contribution >= 0.6 is 0 Å². The number of benzene rings is 1. The summed E-state index contributed by atoms with van der Waals surface area (Å²) >= 11 is 0. The van der Waals surface area contributed by atoms with Crippen molar-refractivity contribution in [2.45, 2.75) is 32.8 Å². The molecule has 13 heavy (non-hydrogen) atoms. The molecule has 0 amide bonds. The fourth-order valence-corrected chi connectivity index (χ4v) is 1.27. The van der Waals surface area contributed by atoms with Crippen molar-refractivity contribution in [3.8, 4) is 5.75 Å². The predicted octanol–water partition coefficient (Wildman–Crippen LogP) is 3.24. The second-order valence-electron chi connectivity index (χ2n) is 3.38. The summed E-state index contributed by atoms with van der Waals surface area (Å²) in [5.74, 6) is 1.00. The van der Waals surface area contributed by atoms with Crippen molar-refractivity contribution < 1.29 is 4.74 Å². The molecule has 1 nitrogen and oxygen atoms in total. The maximum absolute atomic E-state index is 5.67. The average Bonchev–Trinajstić information content (AvgIpc) is 2.08. The molecule has 0 saturated carbocycles. The van der Waals surface area contributed by atoms with E-state index in [0.29, 0.717) is 0 Å². The maximum atomic E-state index is 5.67. The van der Waals surface area contributed by atoms with Crippen molar-refractivity contribution in [2.75, 3.05) is 0 Å². The number of hydrogen-bond acceptors (Lipinski definition) is 1. The summed E-state index contributed by atoms with van der Waals surface area (Å²) in [5.41, 5.74) is 1.26. The molecule has 0 aliphatic rings. The van der Waals surface area contributed by atoms with E-state index in [1.807, 2.05) is 32.0 Å². The van der Waals surface area contributed by atoms with Crippen LogP contribution in [0.1, 0.15) is 25.8 Å². The van der Waals surface area contributed by atoms with E-state index in [2.05, 4.69) is 13.0 Å². The quantitative estimate of drug-likeness (QED) is 0.686. The number of aryl methyl sites for hydroxylation is 1. The van der Waals surface area contributed by atoms with E-state index < -0.39 is 0 Å². The van der Waals surface area contributed by atoms with Crippen LogP contribution in [0.3, 0.4) is 0 Å². The number of para-hydroxylation sites is 1. The average molecular weight is 177 g/mol. The van der Waals surface area contributed by atoms with E-state index in [1.165, 1.54) is 5.56 Å². The predicted molar refractivity (Wildman–Crippen MR) is 55.9 cm³/mol. The first-order valence-corrected chi connectivity index (χ1v) is 4.78. The standard InChI is InChI=1S/C12H17O/c1-4-7-11-8-5-6-9-12(11)13-10(2)3/h5-6,8-10H,1,4,7H2,2-3H3. The molecule has 0 aliphatic carbocycles. The molecule has 1 radical (unpaired) electrons. The first-order chi connectivity index (χ1) is 6.24. The van der Waals surface area contributed by atoms with Gasteiger partial charge in [-0.05, 0) is 38.3 Å². The molecule has 0 aromatic heterocycles. The van der Waals surface area contributed by atoms with E-state index >= 15 is 0 Å². The van der Waals surface area contributed by atoms with Crippen molar-refractivity contribution in [3.63, 3.8) is 0 Å². The molecule has 0 N–H and O–H groups in total. The fourth-order valence-electron chi connectivity index (χ4n) is 1.27. The van der Waals surface area contributed by atoms with Gasteiger partial charge in [0.05, 0.1) is 6.10 Å². The first-order valence-electron chi connectivity index (χ1n) is 4.78. The summed E-state index contributed by atoms with van der Waals surface area (Å²) in [6.07, 6.45) is 2.15. The van der Waals surface area contributed by atoms with Gasteiger partial charge in [-0.25, -0.2) is 0 Å². The lowest BCUT2D eigenvalue weighted by Crippen LogP contribution is -2.07. The highest BCUT2D eigenvalue weighted by molar-refractivity contribution is 5.33. The summed E-state index contributed by atoms with van der Waals surface area (Å²) in [5, 5.41) is 0. The third-order valence-electron chi connectivity index (χ3n) is 1.78. The molecule has 0 fully saturated rings. The van der Waals surface area contributed by atoms with Gasteiger partial charge in [-0.3, -0.25) is 0 Å². The van der Waals surface area contributed by atoms with Gasteiger partial charge >= 0.3 is 0 Å². The van der Waals surface area contributed by atoms with Crippen LogP contribution in [0.4, 0.5) is 0 Å². The van der Waals surface area contributed by atoms with Crippen LogP contribution in [-0.2, 0) is 6.42 Å². The van der Waals surface area contributed by atoms with Crippen molar-refractivity contribution in [1.29, 1.82) is 0 Å². The van der Waals surface area contributed by atoms with E-state index in [9.17, 15) is 0 Å². The maximum Gasteiger partial charge on any atom is 0.122 e. The Morgan fingerprint density at radius 3 is 2.62 bits per heavy atom. The summed E-state index contributed by atoms with van der Waals surface area (Å²) in [6.45, 7) is 7.93. The highest BCUT2D eigenvalue weighted by Gasteiger charge is 2.02. The van der Waals surface area contributed by atoms with E-state index in [4.69, 9.17) is 4.74 Å². The van der Waals surface area contributed by atoms with Crippen molar-refractivity contribution in [2.24, 2.45) is 0 Å². The van der Waals surface area contributed by atoms with Crippen LogP contribution in [-0.4, -0.2) is 6.10 Å². The van der Waals surface area contributed by atoms with Gasteiger partial charge in [-0.15, -0.1) is 0 Å². The van der Waals surface area contributed by atoms with Gasteiger partial charge in [0, 0.05) is 0 Å². The highest BCUT2D eigenvalue weighted by Crippen LogP contribution is 2.20. The topological polar surface area (TPSA) is 9.23 Å². The summed E-state index contributed by atoms with van der Waals surface area (Å²) in [7, 11) is 0. The fraction of sp³-hybridized carbons (Fsp3) is 0.417. The molecule has 0 heterocycles. The van der Waals surface area contributed by atoms with Crippen molar-refractivity contribution in [1.82, 2.24) is 0 Å². The summed E-state index contributed by atoms with van der Waals surface area (Å²) in [4.78, 5) is 0. The van der Waals surface area contributed by atoms with Crippen LogP contribution in [0.2, 0.25) is 0 Å². The monoisotopic (exact) mass is 177 g/mol. The summed E-state index contributed by atoms with van der Waals surface area (Å²) < 4.78 is 5.67. The third-order valence-corrected chi connectivity index (χ3v) is 1.78. The SMILES string of the molecule is [CH2]CCc1ccccc1OC(C)C. The lowest BCUT2D eigenvalue weighted by molar-refractivity contribution is 0.240. The molecule has 1 heteroatoms. The van der Waals surface area contributed by atoms with E-state index in [0.717, 1.165) is 18.6 Å². The molecule has 0 atom stereocenters. The minimum absolute atomic E-state index is 0.242. The Balaban J connectivity index is 2.78. The van der Waals surface area contributed by atoms with Crippen LogP contribution in [0, 0.1) is 6.92 Å². The van der Waals surface area contributed by atoms with Gasteiger partial charge in [0.25, 0.3) is 0 Å². The van der Waals surface area contributed by atoms with Gasteiger partial charge in [0.15, 0.2) is 0 Å². The zero-order valence-electron chi connectivity index (χ0n) is 8.42. The lowest BCUT2D eigenvalue weighted by atomic mass is 10.1. The second-order valence-corrected chi connectivity index (χ2v) is 3.38. The first kappa shape index (κ1) is 10.1. The van der Waals surface area contributed by atoms with Crippen molar-refractivity contribution in [3.05, 3.63) is 36.8 Å². The Labute approximate surface area is 80.7 Å². The van der Waals surface area contributed by atoms with Gasteiger partial charge in [0.1, 0.15) is 5.75 Å². The Hall–Kier alpha value is -0.980. The molecule has 1 rings (SSSR count). The Morgan fingerprint density at radius 1 is 1.31 bits per heavy atom. The summed E-state index contributed by atoms with van der Waals surface area (Å²) in [6, 6.07) is 8.16. The van der Waals surface area contributed by atoms with Crippen LogP contribution in [0.15, 0.2) is 24.3 Å². The Morgan fingerprint density at radius 2 is 2.00 bits per heavy atom. The Bertz CT molecular complexity index is 253. The molecule has 1 aromatic carbocycles. The van der Waals surface area contributed by atoms with Crippen LogP contribution in [0.5, 0.6) is 5.75 Å². The van der Waals surface area contributed by atoms with Gasteiger partial charge in [-0.2, -0.15) is 0 Å². The minimum atomic E-state index is 0.242. The second kappa shape index (κ2) is 4.90. The number of ether oxygens (including phenoxy) is 1. The highest BCUT2D eigenvalue weighted by atomic mass is 16.5. The minimum Gasteiger partial charge on any atom is -0.491 e. The molecule has 71 valence electrons. The Kier molecular flexibility index (Phi) is 3.81. The largest absolute Gasteiger partial charge is 0.491 e. The van der Waals surface area contributed by atoms with Gasteiger partial charge in [0.2, 0.25) is 0 Å². The zero-order valence-corrected chi connectivity index (χ0v) is 8.42. The molecule has 0 saturated heterocycles. The molecule has 1 aromatic rings. The molecule has 0 spiro atoms. The molecular formula is C12H17O.